The predicted octanol–water partition coefficient (Wildman–Crippen LogP) is 4.75. The Morgan fingerprint density at radius 2 is 2.00 bits per heavy atom. The number of nitrogens with one attached hydrogen (secondary N) is 1. The summed E-state index contributed by atoms with van der Waals surface area (Å²) in [7, 11) is 0. The van der Waals surface area contributed by atoms with Gasteiger partial charge < -0.3 is 19.3 Å². The van der Waals surface area contributed by atoms with Crippen LogP contribution in [0.3, 0.4) is 0 Å². The molecule has 7 heteroatoms. The molecule has 1 aliphatic carbocycles. The lowest BCUT2D eigenvalue weighted by molar-refractivity contribution is 0.138. The van der Waals surface area contributed by atoms with Gasteiger partial charge >= 0.3 is 0 Å². The fourth-order valence-corrected chi connectivity index (χ4v) is 4.30. The smallest absolute Gasteiger partial charge is 0.226 e. The van der Waals surface area contributed by atoms with E-state index >= 15 is 0 Å². The molecule has 0 spiro atoms. The molecule has 0 radical (unpaired) electrons. The summed E-state index contributed by atoms with van der Waals surface area (Å²) < 4.78 is 17.1. The van der Waals surface area contributed by atoms with Crippen LogP contribution in [0.4, 0.5) is 5.95 Å². The maximum Gasteiger partial charge on any atom is 0.226 e. The molecule has 2 aliphatic rings. The summed E-state index contributed by atoms with van der Waals surface area (Å²) in [4.78, 5) is 9.40. The SMILES string of the molecule is Cc1noc2ccc(-c3cnc(N[C@H]4CC[C@@H](C)CC4)nc3O[C@@H]3CCOC3)cc12. The van der Waals surface area contributed by atoms with Gasteiger partial charge in [-0.2, -0.15) is 4.98 Å². The fourth-order valence-electron chi connectivity index (χ4n) is 4.30. The van der Waals surface area contributed by atoms with Crippen LogP contribution < -0.4 is 10.1 Å². The Kier molecular flexibility index (Phi) is 5.29. The van der Waals surface area contributed by atoms with Gasteiger partial charge in [0.15, 0.2) is 5.58 Å². The van der Waals surface area contributed by atoms with Crippen molar-refractivity contribution < 1.29 is 14.0 Å². The first-order chi connectivity index (χ1) is 14.7. The van der Waals surface area contributed by atoms with E-state index in [9.17, 15) is 0 Å². The zero-order chi connectivity index (χ0) is 20.5. The molecule has 1 saturated heterocycles. The van der Waals surface area contributed by atoms with E-state index in [4.69, 9.17) is 19.0 Å². The van der Waals surface area contributed by atoms with Crippen LogP contribution >= 0.6 is 0 Å². The first kappa shape index (κ1) is 19.3. The lowest BCUT2D eigenvalue weighted by atomic mass is 9.87. The zero-order valence-corrected chi connectivity index (χ0v) is 17.6. The van der Waals surface area contributed by atoms with Gasteiger partial charge in [0.05, 0.1) is 24.5 Å². The number of benzene rings is 1. The van der Waals surface area contributed by atoms with Crippen LogP contribution in [0.5, 0.6) is 5.88 Å². The molecule has 0 amide bonds. The number of aromatic nitrogens is 3. The molecule has 30 heavy (non-hydrogen) atoms. The molecule has 1 atom stereocenters. The van der Waals surface area contributed by atoms with E-state index in [0.717, 1.165) is 59.6 Å². The number of hydrogen-bond acceptors (Lipinski definition) is 7. The predicted molar refractivity (Wildman–Crippen MR) is 115 cm³/mol. The minimum Gasteiger partial charge on any atom is -0.471 e. The molecule has 7 nitrogen and oxygen atoms in total. The van der Waals surface area contributed by atoms with Crippen molar-refractivity contribution >= 4 is 16.9 Å². The number of rotatable bonds is 5. The van der Waals surface area contributed by atoms with E-state index in [1.54, 1.807) is 0 Å². The normalized spacial score (nSPS) is 24.3. The van der Waals surface area contributed by atoms with Crippen LogP contribution in [-0.4, -0.2) is 40.5 Å². The molecule has 0 unspecified atom stereocenters. The van der Waals surface area contributed by atoms with Gasteiger partial charge in [-0.15, -0.1) is 0 Å². The minimum atomic E-state index is 0.0167. The summed E-state index contributed by atoms with van der Waals surface area (Å²) in [5.74, 6) is 2.04. The van der Waals surface area contributed by atoms with Crippen molar-refractivity contribution in [2.24, 2.45) is 5.92 Å². The maximum absolute atomic E-state index is 6.28. The highest BCUT2D eigenvalue weighted by atomic mass is 16.5. The number of aryl methyl sites for hydroxylation is 1. The number of ether oxygens (including phenoxy) is 2. The largest absolute Gasteiger partial charge is 0.471 e. The molecule has 158 valence electrons. The molecular weight excluding hydrogens is 380 g/mol. The maximum atomic E-state index is 6.28. The zero-order valence-electron chi connectivity index (χ0n) is 17.6. The van der Waals surface area contributed by atoms with Crippen LogP contribution in [-0.2, 0) is 4.74 Å². The first-order valence-electron chi connectivity index (χ1n) is 10.9. The second-order valence-corrected chi connectivity index (χ2v) is 8.60. The summed E-state index contributed by atoms with van der Waals surface area (Å²) in [6.07, 6.45) is 7.55. The molecule has 1 aromatic carbocycles. The lowest BCUT2D eigenvalue weighted by Crippen LogP contribution is -2.26. The monoisotopic (exact) mass is 408 g/mol. The molecule has 1 N–H and O–H groups in total. The molecule has 1 saturated carbocycles. The minimum absolute atomic E-state index is 0.0167. The van der Waals surface area contributed by atoms with Crippen LogP contribution in [0, 0.1) is 12.8 Å². The van der Waals surface area contributed by atoms with Crippen LogP contribution in [0.25, 0.3) is 22.1 Å². The highest BCUT2D eigenvalue weighted by Crippen LogP contribution is 2.34. The summed E-state index contributed by atoms with van der Waals surface area (Å²) in [6, 6.07) is 6.42. The quantitative estimate of drug-likeness (QED) is 0.652. The second kappa shape index (κ2) is 8.22. The molecule has 0 bridgehead atoms. The molecule has 3 aromatic rings. The molecule has 2 aromatic heterocycles. The Balaban J connectivity index is 1.46. The summed E-state index contributed by atoms with van der Waals surface area (Å²) in [5, 5.41) is 8.57. The average Bonchev–Trinajstić information content (AvgIpc) is 3.40. The van der Waals surface area contributed by atoms with Crippen molar-refractivity contribution in [2.75, 3.05) is 18.5 Å². The van der Waals surface area contributed by atoms with Gasteiger partial charge in [-0.3, -0.25) is 0 Å². The van der Waals surface area contributed by atoms with E-state index in [-0.39, 0.29) is 6.10 Å². The van der Waals surface area contributed by atoms with Gasteiger partial charge in [0, 0.05) is 24.0 Å². The molecule has 5 rings (SSSR count). The number of anilines is 1. The van der Waals surface area contributed by atoms with Gasteiger partial charge in [-0.25, -0.2) is 4.98 Å². The summed E-state index contributed by atoms with van der Waals surface area (Å²) in [6.45, 7) is 5.58. The Morgan fingerprint density at radius 1 is 1.13 bits per heavy atom. The van der Waals surface area contributed by atoms with Crippen molar-refractivity contribution in [3.63, 3.8) is 0 Å². The van der Waals surface area contributed by atoms with Crippen molar-refractivity contribution in [1.82, 2.24) is 15.1 Å². The fraction of sp³-hybridized carbons (Fsp3) is 0.522. The standard InChI is InChI=1S/C23H28N4O3/c1-14-3-6-17(7-4-14)25-23-24-12-20(22(26-23)29-18-9-10-28-13-18)16-5-8-21-19(11-16)15(2)27-30-21/h5,8,11-12,14,17-18H,3-4,6-7,9-10,13H2,1-2H3,(H,24,25,26)/t14-,17+,18-/m1/s1. The average molecular weight is 409 g/mol. The van der Waals surface area contributed by atoms with Gasteiger partial charge in [0.1, 0.15) is 6.10 Å². The third kappa shape index (κ3) is 3.99. The van der Waals surface area contributed by atoms with Crippen LogP contribution in [0.1, 0.15) is 44.7 Å². The Labute approximate surface area is 176 Å². The van der Waals surface area contributed by atoms with Crippen molar-refractivity contribution in [3.05, 3.63) is 30.1 Å². The molecular formula is C23H28N4O3. The molecule has 3 heterocycles. The van der Waals surface area contributed by atoms with Gasteiger partial charge in [0.25, 0.3) is 0 Å². The van der Waals surface area contributed by atoms with Crippen molar-refractivity contribution in [1.29, 1.82) is 0 Å². The Hall–Kier alpha value is -2.67. The Morgan fingerprint density at radius 3 is 2.80 bits per heavy atom. The summed E-state index contributed by atoms with van der Waals surface area (Å²) in [5.41, 5.74) is 3.49. The van der Waals surface area contributed by atoms with Gasteiger partial charge in [-0.05, 0) is 56.2 Å². The third-order valence-electron chi connectivity index (χ3n) is 6.23. The van der Waals surface area contributed by atoms with Crippen LogP contribution in [0.2, 0.25) is 0 Å². The topological polar surface area (TPSA) is 82.3 Å². The van der Waals surface area contributed by atoms with E-state index < -0.39 is 0 Å². The number of hydrogen-bond donors (Lipinski definition) is 1. The van der Waals surface area contributed by atoms with Gasteiger partial charge in [-0.1, -0.05) is 18.1 Å². The van der Waals surface area contributed by atoms with Crippen molar-refractivity contribution in [3.8, 4) is 17.0 Å². The molecule has 2 fully saturated rings. The summed E-state index contributed by atoms with van der Waals surface area (Å²) >= 11 is 0. The van der Waals surface area contributed by atoms with E-state index in [1.807, 2.05) is 25.3 Å². The molecule has 1 aliphatic heterocycles. The van der Waals surface area contributed by atoms with E-state index in [0.29, 0.717) is 24.5 Å². The van der Waals surface area contributed by atoms with Gasteiger partial charge in [0.2, 0.25) is 11.8 Å². The first-order valence-corrected chi connectivity index (χ1v) is 10.9. The van der Waals surface area contributed by atoms with Crippen molar-refractivity contribution in [2.45, 2.75) is 58.1 Å². The highest BCUT2D eigenvalue weighted by molar-refractivity contribution is 5.85. The second-order valence-electron chi connectivity index (χ2n) is 8.60. The number of nitrogens with zero attached hydrogens (tertiary/aromatic N) is 3. The third-order valence-corrected chi connectivity index (χ3v) is 6.23. The van der Waals surface area contributed by atoms with E-state index in [2.05, 4.69) is 28.4 Å². The lowest BCUT2D eigenvalue weighted by Gasteiger charge is -2.27. The number of fused-ring (bicyclic) bond motifs is 1. The van der Waals surface area contributed by atoms with E-state index in [1.165, 1.54) is 12.8 Å². The highest BCUT2D eigenvalue weighted by Gasteiger charge is 2.23. The van der Waals surface area contributed by atoms with Crippen LogP contribution in [0.15, 0.2) is 28.9 Å². The Bertz CT molecular complexity index is 1020.